The smallest absolute Gasteiger partial charge is 0.326 e. The van der Waals surface area contributed by atoms with Gasteiger partial charge in [0.05, 0.1) is 12.0 Å². The van der Waals surface area contributed by atoms with E-state index >= 15 is 0 Å². The van der Waals surface area contributed by atoms with E-state index in [1.165, 1.54) is 0 Å². The van der Waals surface area contributed by atoms with Crippen LogP contribution in [0.3, 0.4) is 0 Å². The third-order valence-electron chi connectivity index (χ3n) is 3.33. The van der Waals surface area contributed by atoms with Gasteiger partial charge >= 0.3 is 5.97 Å². The van der Waals surface area contributed by atoms with Crippen LogP contribution < -0.4 is 5.73 Å². The number of fused-ring (bicyclic) bond motifs is 1. The lowest BCUT2D eigenvalue weighted by Crippen LogP contribution is -2.41. The summed E-state index contributed by atoms with van der Waals surface area (Å²) in [6.07, 6.45) is 2.50. The van der Waals surface area contributed by atoms with Crippen LogP contribution in [0, 0.1) is 0 Å². The Hall–Kier alpha value is -2.37. The fraction of sp³-hybridized carbons (Fsp3) is 0.357. The molecule has 1 heterocycles. The molecular weight excluding hydrogens is 258 g/mol. The lowest BCUT2D eigenvalue weighted by atomic mass is 10.1. The predicted molar refractivity (Wildman–Crippen MR) is 74.9 cm³/mol. The van der Waals surface area contributed by atoms with Gasteiger partial charge in [-0.25, -0.2) is 9.79 Å². The fourth-order valence-electron chi connectivity index (χ4n) is 2.24. The van der Waals surface area contributed by atoms with Crippen LogP contribution in [0.4, 0.5) is 5.69 Å². The first kappa shape index (κ1) is 14.0. The van der Waals surface area contributed by atoms with E-state index in [-0.39, 0.29) is 12.8 Å². The number of aliphatic carboxylic acids is 1. The van der Waals surface area contributed by atoms with Gasteiger partial charge in [0.25, 0.3) is 0 Å². The predicted octanol–water partition coefficient (Wildman–Crippen LogP) is 0.923. The molecule has 2 rings (SSSR count). The van der Waals surface area contributed by atoms with Gasteiger partial charge in [-0.15, -0.1) is 0 Å². The monoisotopic (exact) mass is 275 g/mol. The normalized spacial score (nSPS) is 15.3. The van der Waals surface area contributed by atoms with Gasteiger partial charge in [0.2, 0.25) is 5.91 Å². The van der Waals surface area contributed by atoms with Crippen molar-refractivity contribution in [3.05, 3.63) is 29.8 Å². The molecule has 106 valence electrons. The highest BCUT2D eigenvalue weighted by molar-refractivity contribution is 5.80. The van der Waals surface area contributed by atoms with Gasteiger partial charge in [0.1, 0.15) is 6.04 Å². The van der Waals surface area contributed by atoms with Crippen LogP contribution in [0.5, 0.6) is 0 Å². The zero-order valence-electron chi connectivity index (χ0n) is 11.0. The first-order valence-corrected chi connectivity index (χ1v) is 6.47. The number of nitrogens with two attached hydrogens (primary N) is 1. The molecule has 1 aromatic carbocycles. The van der Waals surface area contributed by atoms with Crippen molar-refractivity contribution in [1.82, 2.24) is 4.90 Å². The van der Waals surface area contributed by atoms with Crippen molar-refractivity contribution in [1.29, 1.82) is 0 Å². The average Bonchev–Trinajstić information content (AvgIpc) is 2.61. The Morgan fingerprint density at radius 2 is 2.15 bits per heavy atom. The number of aliphatic imine (C=N–C) groups is 1. The van der Waals surface area contributed by atoms with Crippen LogP contribution in [0.1, 0.15) is 18.4 Å². The minimum atomic E-state index is -0.969. The lowest BCUT2D eigenvalue weighted by Gasteiger charge is -2.25. The fourth-order valence-corrected chi connectivity index (χ4v) is 2.24. The summed E-state index contributed by atoms with van der Waals surface area (Å²) in [4.78, 5) is 28.2. The number of hydrogen-bond donors (Lipinski definition) is 2. The lowest BCUT2D eigenvalue weighted by molar-refractivity contribution is -0.142. The molecule has 1 aliphatic rings. The summed E-state index contributed by atoms with van der Waals surface area (Å²) in [7, 11) is 0. The molecule has 0 bridgehead atoms. The summed E-state index contributed by atoms with van der Waals surface area (Å²) in [6.45, 7) is 0.552. The summed E-state index contributed by atoms with van der Waals surface area (Å²) in [6, 6.07) is 6.93. The van der Waals surface area contributed by atoms with Gasteiger partial charge in [-0.05, 0) is 24.5 Å². The zero-order chi connectivity index (χ0) is 14.5. The number of para-hydroxylation sites is 1. The molecule has 0 fully saturated rings. The molecule has 6 heteroatoms. The van der Waals surface area contributed by atoms with Gasteiger partial charge < -0.3 is 15.7 Å². The van der Waals surface area contributed by atoms with Gasteiger partial charge in [-0.2, -0.15) is 0 Å². The number of rotatable bonds is 5. The molecular formula is C14H17N3O3. The second-order valence-corrected chi connectivity index (χ2v) is 4.72. The number of amides is 1. The number of nitrogens with zero attached hydrogens (tertiary/aromatic N) is 2. The Morgan fingerprint density at radius 1 is 1.40 bits per heavy atom. The Bertz CT molecular complexity index is 542. The molecule has 1 aliphatic heterocycles. The van der Waals surface area contributed by atoms with Crippen molar-refractivity contribution in [2.24, 2.45) is 10.7 Å². The maximum Gasteiger partial charge on any atom is 0.326 e. The molecule has 0 aliphatic carbocycles. The van der Waals surface area contributed by atoms with Crippen LogP contribution in [0.25, 0.3) is 0 Å². The number of hydrogen-bond acceptors (Lipinski definition) is 4. The highest BCUT2D eigenvalue weighted by Gasteiger charge is 2.25. The summed E-state index contributed by atoms with van der Waals surface area (Å²) in [5.74, 6) is -1.46. The summed E-state index contributed by atoms with van der Waals surface area (Å²) in [5.41, 5.74) is 7.03. The minimum absolute atomic E-state index is 0.0499. The van der Waals surface area contributed by atoms with Crippen LogP contribution in [0.2, 0.25) is 0 Å². The molecule has 6 nitrogen and oxygen atoms in total. The maximum absolute atomic E-state index is 11.3. The SMILES string of the molecule is NC(=O)CCC(C(=O)O)N1C=Nc2ccccc2CC1. The minimum Gasteiger partial charge on any atom is -0.480 e. The van der Waals surface area contributed by atoms with Crippen molar-refractivity contribution in [3.8, 4) is 0 Å². The number of carboxylic acid groups (broad SMARTS) is 1. The highest BCUT2D eigenvalue weighted by atomic mass is 16.4. The van der Waals surface area contributed by atoms with Crippen molar-refractivity contribution in [3.63, 3.8) is 0 Å². The molecule has 3 N–H and O–H groups in total. The Balaban J connectivity index is 2.12. The number of carbonyl (C=O) groups excluding carboxylic acids is 1. The van der Waals surface area contributed by atoms with E-state index < -0.39 is 17.9 Å². The Morgan fingerprint density at radius 3 is 2.85 bits per heavy atom. The summed E-state index contributed by atoms with van der Waals surface area (Å²) >= 11 is 0. The second kappa shape index (κ2) is 6.18. The van der Waals surface area contributed by atoms with Crippen LogP contribution in [-0.2, 0) is 16.0 Å². The Kier molecular flexibility index (Phi) is 4.34. The van der Waals surface area contributed by atoms with Crippen molar-refractivity contribution >= 4 is 23.9 Å². The molecule has 1 aromatic rings. The number of benzene rings is 1. The van der Waals surface area contributed by atoms with Crippen molar-refractivity contribution in [2.75, 3.05) is 6.54 Å². The highest BCUT2D eigenvalue weighted by Crippen LogP contribution is 2.22. The van der Waals surface area contributed by atoms with E-state index in [1.807, 2.05) is 24.3 Å². The first-order valence-electron chi connectivity index (χ1n) is 6.47. The van der Waals surface area contributed by atoms with Crippen LogP contribution in [-0.4, -0.2) is 40.8 Å². The molecule has 0 spiro atoms. The second-order valence-electron chi connectivity index (χ2n) is 4.72. The molecule has 20 heavy (non-hydrogen) atoms. The summed E-state index contributed by atoms with van der Waals surface area (Å²) < 4.78 is 0. The molecule has 1 atom stereocenters. The van der Waals surface area contributed by atoms with Crippen LogP contribution >= 0.6 is 0 Å². The average molecular weight is 275 g/mol. The largest absolute Gasteiger partial charge is 0.480 e. The van der Waals surface area contributed by atoms with E-state index in [1.54, 1.807) is 11.2 Å². The number of primary amides is 1. The molecule has 0 saturated carbocycles. The van der Waals surface area contributed by atoms with Crippen LogP contribution in [0.15, 0.2) is 29.3 Å². The van der Waals surface area contributed by atoms with E-state index in [9.17, 15) is 14.7 Å². The quantitative estimate of drug-likeness (QED) is 0.835. The Labute approximate surface area is 116 Å². The molecule has 0 aromatic heterocycles. The van der Waals surface area contributed by atoms with E-state index in [4.69, 9.17) is 5.73 Å². The maximum atomic E-state index is 11.3. The number of carboxylic acids is 1. The van der Waals surface area contributed by atoms with Crippen molar-refractivity contribution < 1.29 is 14.7 Å². The topological polar surface area (TPSA) is 96.0 Å². The van der Waals surface area contributed by atoms with Gasteiger partial charge in [0.15, 0.2) is 0 Å². The molecule has 1 amide bonds. The third kappa shape index (κ3) is 3.34. The molecule has 0 radical (unpaired) electrons. The standard InChI is InChI=1S/C14H17N3O3/c15-13(18)6-5-12(14(19)20)17-8-7-10-3-1-2-4-11(10)16-9-17/h1-4,9,12H,5-8H2,(H2,15,18)(H,19,20). The van der Waals surface area contributed by atoms with Gasteiger partial charge in [-0.1, -0.05) is 18.2 Å². The molecule has 0 saturated heterocycles. The van der Waals surface area contributed by atoms with Crippen molar-refractivity contribution in [2.45, 2.75) is 25.3 Å². The third-order valence-corrected chi connectivity index (χ3v) is 3.33. The number of carbonyl (C=O) groups is 2. The van der Waals surface area contributed by atoms with Gasteiger partial charge in [0, 0.05) is 13.0 Å². The summed E-state index contributed by atoms with van der Waals surface area (Å²) in [5, 5.41) is 9.29. The van der Waals surface area contributed by atoms with E-state index in [2.05, 4.69) is 4.99 Å². The zero-order valence-corrected chi connectivity index (χ0v) is 11.0. The first-order chi connectivity index (χ1) is 9.58. The van der Waals surface area contributed by atoms with E-state index in [0.29, 0.717) is 6.54 Å². The van der Waals surface area contributed by atoms with E-state index in [0.717, 1.165) is 17.7 Å². The molecule has 1 unspecified atom stereocenters. The van der Waals surface area contributed by atoms with Gasteiger partial charge in [-0.3, -0.25) is 4.79 Å².